The maximum atomic E-state index is 13.9. The molecule has 2 fully saturated rings. The Morgan fingerprint density at radius 1 is 1.38 bits per heavy atom. The molecule has 9 heteroatoms. The first-order valence-corrected chi connectivity index (χ1v) is 9.74. The molecule has 0 radical (unpaired) electrons. The highest BCUT2D eigenvalue weighted by Crippen LogP contribution is 2.44. The Morgan fingerprint density at radius 3 is 2.71 bits per heavy atom. The second kappa shape index (κ2) is 7.74. The van der Waals surface area contributed by atoms with Gasteiger partial charge < -0.3 is 10.6 Å². The lowest BCUT2D eigenvalue weighted by Crippen LogP contribution is -2.45. The second-order valence-electron chi connectivity index (χ2n) is 6.04. The molecular weight excluding hydrogens is 468 g/mol. The highest BCUT2D eigenvalue weighted by Gasteiger charge is 2.42. The Labute approximate surface area is 163 Å². The van der Waals surface area contributed by atoms with Crippen LogP contribution in [0.1, 0.15) is 24.3 Å². The number of aliphatic imine (C=N–C) groups is 1. The third-order valence-electron chi connectivity index (χ3n) is 4.28. The second-order valence-corrected chi connectivity index (χ2v) is 8.68. The van der Waals surface area contributed by atoms with Gasteiger partial charge in [-0.1, -0.05) is 17.7 Å². The zero-order valence-corrected chi connectivity index (χ0v) is 17.0. The third-order valence-corrected chi connectivity index (χ3v) is 6.38. The SMILES string of the molecule is CN=C(NC1CCS(=O)(=O)C1)NC1CC1c1c(F)cccc1Cl.I. The Morgan fingerprint density at radius 2 is 2.12 bits per heavy atom. The predicted molar refractivity (Wildman–Crippen MR) is 105 cm³/mol. The van der Waals surface area contributed by atoms with E-state index in [2.05, 4.69) is 15.6 Å². The van der Waals surface area contributed by atoms with E-state index >= 15 is 0 Å². The van der Waals surface area contributed by atoms with Crippen LogP contribution in [0.3, 0.4) is 0 Å². The van der Waals surface area contributed by atoms with Crippen molar-refractivity contribution in [2.45, 2.75) is 30.8 Å². The number of benzene rings is 1. The summed E-state index contributed by atoms with van der Waals surface area (Å²) < 4.78 is 36.9. The molecule has 3 atom stereocenters. The quantitative estimate of drug-likeness (QED) is 0.390. The van der Waals surface area contributed by atoms with E-state index in [0.29, 0.717) is 23.0 Å². The fourth-order valence-electron chi connectivity index (χ4n) is 2.99. The number of nitrogens with one attached hydrogen (secondary N) is 2. The van der Waals surface area contributed by atoms with Gasteiger partial charge in [-0.25, -0.2) is 12.8 Å². The lowest BCUT2D eigenvalue weighted by atomic mass is 10.1. The lowest BCUT2D eigenvalue weighted by molar-refractivity contribution is 0.598. The molecule has 1 saturated heterocycles. The molecule has 24 heavy (non-hydrogen) atoms. The first-order valence-electron chi connectivity index (χ1n) is 7.54. The van der Waals surface area contributed by atoms with Crippen molar-refractivity contribution in [2.24, 2.45) is 4.99 Å². The molecule has 134 valence electrons. The molecule has 5 nitrogen and oxygen atoms in total. The summed E-state index contributed by atoms with van der Waals surface area (Å²) in [6.45, 7) is 0. The van der Waals surface area contributed by atoms with Crippen LogP contribution in [0.5, 0.6) is 0 Å². The van der Waals surface area contributed by atoms with Gasteiger partial charge in [0.1, 0.15) is 5.82 Å². The van der Waals surface area contributed by atoms with E-state index in [0.717, 1.165) is 6.42 Å². The summed E-state index contributed by atoms with van der Waals surface area (Å²) in [5.41, 5.74) is 0.533. The van der Waals surface area contributed by atoms with Gasteiger partial charge in [0, 0.05) is 35.6 Å². The molecule has 1 aliphatic carbocycles. The van der Waals surface area contributed by atoms with Crippen molar-refractivity contribution >= 4 is 51.4 Å². The molecule has 1 aromatic rings. The Hall–Kier alpha value is -0.610. The van der Waals surface area contributed by atoms with Gasteiger partial charge in [0.2, 0.25) is 0 Å². The summed E-state index contributed by atoms with van der Waals surface area (Å²) in [7, 11) is -1.31. The van der Waals surface area contributed by atoms with Crippen LogP contribution in [-0.2, 0) is 9.84 Å². The maximum Gasteiger partial charge on any atom is 0.191 e. The van der Waals surface area contributed by atoms with E-state index in [1.54, 1.807) is 19.2 Å². The van der Waals surface area contributed by atoms with E-state index in [4.69, 9.17) is 11.6 Å². The van der Waals surface area contributed by atoms with Crippen molar-refractivity contribution in [3.8, 4) is 0 Å². The van der Waals surface area contributed by atoms with Crippen LogP contribution < -0.4 is 10.6 Å². The van der Waals surface area contributed by atoms with Crippen LogP contribution in [0.2, 0.25) is 5.02 Å². The minimum absolute atomic E-state index is 0. The van der Waals surface area contributed by atoms with Gasteiger partial charge in [0.05, 0.1) is 11.5 Å². The van der Waals surface area contributed by atoms with Gasteiger partial charge in [0.25, 0.3) is 0 Å². The average molecular weight is 488 g/mol. The first kappa shape index (κ1) is 19.7. The molecule has 0 aromatic heterocycles. The molecule has 0 amide bonds. The molecule has 2 N–H and O–H groups in total. The van der Waals surface area contributed by atoms with Crippen LogP contribution in [0.4, 0.5) is 4.39 Å². The minimum atomic E-state index is -2.94. The van der Waals surface area contributed by atoms with Crippen molar-refractivity contribution < 1.29 is 12.8 Å². The van der Waals surface area contributed by atoms with Gasteiger partial charge >= 0.3 is 0 Å². The van der Waals surface area contributed by atoms with Crippen molar-refractivity contribution in [1.82, 2.24) is 10.6 Å². The molecule has 1 aliphatic heterocycles. The zero-order chi connectivity index (χ0) is 16.6. The molecule has 0 bridgehead atoms. The summed E-state index contributed by atoms with van der Waals surface area (Å²) in [5.74, 6) is 0.595. The van der Waals surface area contributed by atoms with E-state index in [1.807, 2.05) is 0 Å². The Kier molecular flexibility index (Phi) is 6.35. The molecule has 3 unspecified atom stereocenters. The normalized spacial score (nSPS) is 28.1. The van der Waals surface area contributed by atoms with E-state index in [-0.39, 0.29) is 59.3 Å². The molecular formula is C15H20ClFIN3O2S. The molecule has 1 saturated carbocycles. The zero-order valence-electron chi connectivity index (χ0n) is 13.1. The van der Waals surface area contributed by atoms with Crippen molar-refractivity contribution in [3.05, 3.63) is 34.6 Å². The maximum absolute atomic E-state index is 13.9. The largest absolute Gasteiger partial charge is 0.353 e. The monoisotopic (exact) mass is 487 g/mol. The number of sulfone groups is 1. The van der Waals surface area contributed by atoms with E-state index < -0.39 is 9.84 Å². The highest BCUT2D eigenvalue weighted by atomic mass is 127. The molecule has 0 spiro atoms. The summed E-state index contributed by atoms with van der Waals surface area (Å²) in [5, 5.41) is 6.78. The van der Waals surface area contributed by atoms with Gasteiger partial charge in [0.15, 0.2) is 15.8 Å². The molecule has 3 rings (SSSR count). The molecule has 1 heterocycles. The number of rotatable bonds is 3. The smallest absolute Gasteiger partial charge is 0.191 e. The van der Waals surface area contributed by atoms with Crippen molar-refractivity contribution in [3.63, 3.8) is 0 Å². The van der Waals surface area contributed by atoms with Gasteiger partial charge in [-0.2, -0.15) is 0 Å². The van der Waals surface area contributed by atoms with Crippen LogP contribution in [0.25, 0.3) is 0 Å². The minimum Gasteiger partial charge on any atom is -0.353 e. The summed E-state index contributed by atoms with van der Waals surface area (Å²) in [6, 6.07) is 4.61. The summed E-state index contributed by atoms with van der Waals surface area (Å²) in [6.07, 6.45) is 1.35. The number of hydrogen-bond acceptors (Lipinski definition) is 3. The van der Waals surface area contributed by atoms with Crippen LogP contribution >= 0.6 is 35.6 Å². The third kappa shape index (κ3) is 4.51. The summed E-state index contributed by atoms with van der Waals surface area (Å²) in [4.78, 5) is 4.13. The highest BCUT2D eigenvalue weighted by molar-refractivity contribution is 14.0. The number of halogens is 3. The topological polar surface area (TPSA) is 70.6 Å². The number of guanidine groups is 1. The number of nitrogens with zero attached hydrogens (tertiary/aromatic N) is 1. The van der Waals surface area contributed by atoms with E-state index in [1.165, 1.54) is 6.07 Å². The van der Waals surface area contributed by atoms with Crippen molar-refractivity contribution in [1.29, 1.82) is 0 Å². The Balaban J connectivity index is 0.00000208. The van der Waals surface area contributed by atoms with Gasteiger partial charge in [-0.05, 0) is 25.0 Å². The fraction of sp³-hybridized carbons (Fsp3) is 0.533. The van der Waals surface area contributed by atoms with Crippen LogP contribution in [0.15, 0.2) is 23.2 Å². The van der Waals surface area contributed by atoms with Gasteiger partial charge in [-0.15, -0.1) is 24.0 Å². The van der Waals surface area contributed by atoms with Gasteiger partial charge in [-0.3, -0.25) is 4.99 Å². The van der Waals surface area contributed by atoms with Crippen molar-refractivity contribution in [2.75, 3.05) is 18.6 Å². The fourth-order valence-corrected chi connectivity index (χ4v) is 4.96. The standard InChI is InChI=1S/C15H19ClFN3O2S.HI/c1-18-15(19-9-5-6-23(21,22)8-9)20-13-7-10(13)14-11(16)3-2-4-12(14)17;/h2-4,9-10,13H,5-8H2,1H3,(H2,18,19,20);1H. The number of hydrogen-bond donors (Lipinski definition) is 2. The lowest BCUT2D eigenvalue weighted by Gasteiger charge is -2.16. The molecule has 2 aliphatic rings. The van der Waals surface area contributed by atoms with Crippen LogP contribution in [-0.4, -0.2) is 45.0 Å². The van der Waals surface area contributed by atoms with E-state index in [9.17, 15) is 12.8 Å². The first-order chi connectivity index (χ1) is 10.9. The van der Waals surface area contributed by atoms with Crippen LogP contribution in [0, 0.1) is 5.82 Å². The Bertz CT molecular complexity index is 724. The summed E-state index contributed by atoms with van der Waals surface area (Å²) >= 11 is 6.09. The average Bonchev–Trinajstić information content (AvgIpc) is 3.13. The predicted octanol–water partition coefficient (Wildman–Crippen LogP) is 2.31. The molecule has 1 aromatic carbocycles.